The average Bonchev–Trinajstić information content (AvgIpc) is 2.22. The maximum absolute atomic E-state index is 5.87. The number of aromatic nitrogens is 2. The standard InChI is InChI=1S/C11H8Cl2N2/c1-7-3-2-4-8(5-7)10-6-9(12)11(13)15-14-10/h2-6H,1H3. The molecule has 0 bridgehead atoms. The van der Waals surface area contributed by atoms with Gasteiger partial charge in [-0.3, -0.25) is 0 Å². The highest BCUT2D eigenvalue weighted by atomic mass is 35.5. The van der Waals surface area contributed by atoms with Crippen LogP contribution in [0.15, 0.2) is 30.3 Å². The zero-order valence-electron chi connectivity index (χ0n) is 8.04. The van der Waals surface area contributed by atoms with Crippen LogP contribution >= 0.6 is 23.2 Å². The molecule has 0 aliphatic rings. The molecule has 0 spiro atoms. The van der Waals surface area contributed by atoms with Crippen LogP contribution in [-0.4, -0.2) is 10.2 Å². The molecule has 15 heavy (non-hydrogen) atoms. The van der Waals surface area contributed by atoms with E-state index in [9.17, 15) is 0 Å². The van der Waals surface area contributed by atoms with Gasteiger partial charge in [-0.2, -0.15) is 0 Å². The summed E-state index contributed by atoms with van der Waals surface area (Å²) in [5, 5.41) is 8.40. The third kappa shape index (κ3) is 2.28. The van der Waals surface area contributed by atoms with Gasteiger partial charge >= 0.3 is 0 Å². The van der Waals surface area contributed by atoms with Crippen LogP contribution in [0.1, 0.15) is 5.56 Å². The van der Waals surface area contributed by atoms with Crippen molar-refractivity contribution in [2.24, 2.45) is 0 Å². The second-order valence-corrected chi connectivity index (χ2v) is 4.00. The molecule has 2 rings (SSSR count). The summed E-state index contributed by atoms with van der Waals surface area (Å²) in [4.78, 5) is 0. The van der Waals surface area contributed by atoms with E-state index in [4.69, 9.17) is 23.2 Å². The lowest BCUT2D eigenvalue weighted by Crippen LogP contribution is -1.89. The smallest absolute Gasteiger partial charge is 0.149 e. The van der Waals surface area contributed by atoms with E-state index in [-0.39, 0.29) is 5.15 Å². The highest BCUT2D eigenvalue weighted by molar-refractivity contribution is 6.41. The van der Waals surface area contributed by atoms with Gasteiger partial charge in [0.05, 0.1) is 10.7 Å². The van der Waals surface area contributed by atoms with Crippen molar-refractivity contribution < 1.29 is 0 Å². The quantitative estimate of drug-likeness (QED) is 0.757. The molecule has 0 fully saturated rings. The summed E-state index contributed by atoms with van der Waals surface area (Å²) in [5.41, 5.74) is 2.88. The molecule has 0 atom stereocenters. The Bertz CT molecular complexity index is 498. The first-order valence-corrected chi connectivity index (χ1v) is 5.18. The van der Waals surface area contributed by atoms with Crippen molar-refractivity contribution in [3.05, 3.63) is 46.1 Å². The molecule has 0 saturated carbocycles. The second kappa shape index (κ2) is 4.17. The predicted molar refractivity (Wildman–Crippen MR) is 62.2 cm³/mol. The first kappa shape index (κ1) is 10.4. The van der Waals surface area contributed by atoms with Crippen molar-refractivity contribution in [3.63, 3.8) is 0 Å². The van der Waals surface area contributed by atoms with Gasteiger partial charge in [-0.05, 0) is 19.1 Å². The number of hydrogen-bond donors (Lipinski definition) is 0. The molecule has 0 N–H and O–H groups in total. The molecule has 2 nitrogen and oxygen atoms in total. The Hall–Kier alpha value is -1.12. The molecule has 4 heteroatoms. The van der Waals surface area contributed by atoms with Crippen LogP contribution in [0.4, 0.5) is 0 Å². The lowest BCUT2D eigenvalue weighted by molar-refractivity contribution is 1.04. The van der Waals surface area contributed by atoms with Gasteiger partial charge in [0.25, 0.3) is 0 Å². The Morgan fingerprint density at radius 3 is 2.53 bits per heavy atom. The fraction of sp³-hybridized carbons (Fsp3) is 0.0909. The van der Waals surface area contributed by atoms with E-state index < -0.39 is 0 Å². The van der Waals surface area contributed by atoms with Gasteiger partial charge in [-0.25, -0.2) is 0 Å². The molecule has 1 heterocycles. The van der Waals surface area contributed by atoms with Crippen molar-refractivity contribution in [1.82, 2.24) is 10.2 Å². The van der Waals surface area contributed by atoms with Crippen molar-refractivity contribution in [1.29, 1.82) is 0 Å². The number of hydrogen-bond acceptors (Lipinski definition) is 2. The molecule has 0 unspecified atom stereocenters. The number of halogens is 2. The third-order valence-corrected chi connectivity index (χ3v) is 2.68. The number of nitrogens with zero attached hydrogens (tertiary/aromatic N) is 2. The van der Waals surface area contributed by atoms with Crippen molar-refractivity contribution in [3.8, 4) is 11.3 Å². The second-order valence-electron chi connectivity index (χ2n) is 3.24. The van der Waals surface area contributed by atoms with Crippen molar-refractivity contribution >= 4 is 23.2 Å². The van der Waals surface area contributed by atoms with Crippen LogP contribution < -0.4 is 0 Å². The van der Waals surface area contributed by atoms with Gasteiger partial charge in [0.2, 0.25) is 0 Å². The topological polar surface area (TPSA) is 25.8 Å². The lowest BCUT2D eigenvalue weighted by atomic mass is 10.1. The van der Waals surface area contributed by atoms with Crippen LogP contribution in [0.25, 0.3) is 11.3 Å². The fourth-order valence-electron chi connectivity index (χ4n) is 1.30. The van der Waals surface area contributed by atoms with Crippen LogP contribution in [0, 0.1) is 6.92 Å². The minimum atomic E-state index is 0.230. The highest BCUT2D eigenvalue weighted by Crippen LogP contribution is 2.24. The van der Waals surface area contributed by atoms with Crippen molar-refractivity contribution in [2.45, 2.75) is 6.92 Å². The molecule has 0 aliphatic heterocycles. The van der Waals surface area contributed by atoms with Crippen molar-refractivity contribution in [2.75, 3.05) is 0 Å². The van der Waals surface area contributed by atoms with Gasteiger partial charge in [0, 0.05) is 5.56 Å². The van der Waals surface area contributed by atoms with E-state index in [1.54, 1.807) is 6.07 Å². The van der Waals surface area contributed by atoms with E-state index in [2.05, 4.69) is 10.2 Å². The van der Waals surface area contributed by atoms with Crippen LogP contribution in [0.2, 0.25) is 10.2 Å². The van der Waals surface area contributed by atoms with Gasteiger partial charge in [0.15, 0.2) is 5.15 Å². The zero-order valence-corrected chi connectivity index (χ0v) is 9.55. The summed E-state index contributed by atoms with van der Waals surface area (Å²) in [7, 11) is 0. The molecular formula is C11H8Cl2N2. The van der Waals surface area contributed by atoms with Crippen LogP contribution in [0.5, 0.6) is 0 Å². The molecule has 1 aromatic carbocycles. The first-order valence-electron chi connectivity index (χ1n) is 4.42. The summed E-state index contributed by atoms with van der Waals surface area (Å²) in [6.45, 7) is 2.02. The van der Waals surface area contributed by atoms with E-state index in [1.807, 2.05) is 31.2 Å². The Balaban J connectivity index is 2.50. The average molecular weight is 239 g/mol. The van der Waals surface area contributed by atoms with E-state index in [0.717, 1.165) is 11.3 Å². The van der Waals surface area contributed by atoms with E-state index in [0.29, 0.717) is 5.02 Å². The van der Waals surface area contributed by atoms with Crippen LogP contribution in [0.3, 0.4) is 0 Å². The summed E-state index contributed by atoms with van der Waals surface area (Å²) in [5.74, 6) is 0. The molecule has 1 aromatic heterocycles. The Morgan fingerprint density at radius 1 is 1.07 bits per heavy atom. The Morgan fingerprint density at radius 2 is 1.87 bits per heavy atom. The minimum absolute atomic E-state index is 0.230. The number of aryl methyl sites for hydroxylation is 1. The summed E-state index contributed by atoms with van der Waals surface area (Å²) in [6, 6.07) is 9.68. The fourth-order valence-corrected chi connectivity index (χ4v) is 1.53. The minimum Gasteiger partial charge on any atom is -0.149 e. The summed E-state index contributed by atoms with van der Waals surface area (Å²) >= 11 is 11.6. The van der Waals surface area contributed by atoms with E-state index >= 15 is 0 Å². The summed E-state index contributed by atoms with van der Waals surface area (Å²) in [6.07, 6.45) is 0. The monoisotopic (exact) mass is 238 g/mol. The predicted octanol–water partition coefficient (Wildman–Crippen LogP) is 3.76. The molecule has 0 saturated heterocycles. The maximum Gasteiger partial charge on any atom is 0.170 e. The normalized spacial score (nSPS) is 10.3. The highest BCUT2D eigenvalue weighted by Gasteiger charge is 2.04. The Kier molecular flexibility index (Phi) is 2.89. The van der Waals surface area contributed by atoms with Gasteiger partial charge in [0.1, 0.15) is 0 Å². The zero-order chi connectivity index (χ0) is 10.8. The molecule has 2 aromatic rings. The number of benzene rings is 1. The molecule has 0 aliphatic carbocycles. The molecule has 76 valence electrons. The molecule has 0 amide bonds. The SMILES string of the molecule is Cc1cccc(-c2cc(Cl)c(Cl)nn2)c1. The maximum atomic E-state index is 5.87. The summed E-state index contributed by atoms with van der Waals surface area (Å²) < 4.78 is 0. The van der Waals surface area contributed by atoms with Crippen LogP contribution in [-0.2, 0) is 0 Å². The Labute approximate surface area is 97.9 Å². The largest absolute Gasteiger partial charge is 0.170 e. The van der Waals surface area contributed by atoms with Gasteiger partial charge in [-0.15, -0.1) is 10.2 Å². The van der Waals surface area contributed by atoms with Gasteiger partial charge < -0.3 is 0 Å². The third-order valence-electron chi connectivity index (χ3n) is 2.02. The molecular weight excluding hydrogens is 231 g/mol. The van der Waals surface area contributed by atoms with E-state index in [1.165, 1.54) is 5.56 Å². The number of rotatable bonds is 1. The molecule has 0 radical (unpaired) electrons. The van der Waals surface area contributed by atoms with Gasteiger partial charge in [-0.1, -0.05) is 47.0 Å². The lowest BCUT2D eigenvalue weighted by Gasteiger charge is -2.02. The first-order chi connectivity index (χ1) is 7.16.